The first kappa shape index (κ1) is 14.5. The van der Waals surface area contributed by atoms with E-state index in [2.05, 4.69) is 0 Å². The molecule has 0 aliphatic rings. The Balaban J connectivity index is 3.06. The Morgan fingerprint density at radius 3 is 2.33 bits per heavy atom. The average molecular weight is 260 g/mol. The van der Waals surface area contributed by atoms with E-state index < -0.39 is 29.5 Å². The second-order valence-electron chi connectivity index (χ2n) is 5.03. The molecule has 0 unspecified atom stereocenters. The van der Waals surface area contributed by atoms with Gasteiger partial charge < -0.3 is 5.11 Å². The Kier molecular flexibility index (Phi) is 3.74. The largest absolute Gasteiger partial charge is 0.481 e. The number of carboxylic acids is 1. The normalized spacial score (nSPS) is 12.6. The van der Waals surface area contributed by atoms with Gasteiger partial charge in [-0.05, 0) is 38.5 Å². The zero-order valence-corrected chi connectivity index (χ0v) is 10.4. The van der Waals surface area contributed by atoms with Gasteiger partial charge in [0.25, 0.3) is 5.92 Å². The van der Waals surface area contributed by atoms with Crippen LogP contribution in [0.4, 0.5) is 13.2 Å². The molecule has 1 aromatic carbocycles. The summed E-state index contributed by atoms with van der Waals surface area (Å²) in [5, 5.41) is 8.86. The molecule has 18 heavy (non-hydrogen) atoms. The van der Waals surface area contributed by atoms with Crippen LogP contribution in [0.2, 0.25) is 0 Å². The van der Waals surface area contributed by atoms with Gasteiger partial charge in [-0.25, -0.2) is 13.2 Å². The predicted octanol–water partition coefficient (Wildman–Crippen LogP) is 3.73. The van der Waals surface area contributed by atoms with Crippen molar-refractivity contribution in [3.05, 3.63) is 35.1 Å². The molecule has 100 valence electrons. The summed E-state index contributed by atoms with van der Waals surface area (Å²) >= 11 is 0. The molecule has 0 radical (unpaired) electrons. The summed E-state index contributed by atoms with van der Waals surface area (Å²) in [5.74, 6) is -5.16. The fourth-order valence-electron chi connectivity index (χ4n) is 1.60. The molecule has 0 aliphatic carbocycles. The van der Waals surface area contributed by atoms with Gasteiger partial charge in [-0.3, -0.25) is 4.79 Å². The smallest absolute Gasteiger partial charge is 0.309 e. The molecule has 0 fully saturated rings. The second-order valence-corrected chi connectivity index (χ2v) is 5.03. The van der Waals surface area contributed by atoms with E-state index in [-0.39, 0.29) is 11.1 Å². The highest BCUT2D eigenvalue weighted by molar-refractivity contribution is 5.73. The summed E-state index contributed by atoms with van der Waals surface area (Å²) in [4.78, 5) is 10.9. The fourth-order valence-corrected chi connectivity index (χ4v) is 1.60. The van der Waals surface area contributed by atoms with E-state index in [0.717, 1.165) is 18.2 Å². The Morgan fingerprint density at radius 1 is 1.33 bits per heavy atom. The van der Waals surface area contributed by atoms with E-state index in [4.69, 9.17) is 5.11 Å². The first-order valence-electron chi connectivity index (χ1n) is 5.44. The zero-order valence-electron chi connectivity index (χ0n) is 10.4. The molecule has 0 saturated carbocycles. The fraction of sp³-hybridized carbons (Fsp3) is 0.462. The van der Waals surface area contributed by atoms with Gasteiger partial charge >= 0.3 is 5.97 Å². The first-order chi connectivity index (χ1) is 8.06. The van der Waals surface area contributed by atoms with Gasteiger partial charge in [-0.2, -0.15) is 0 Å². The Morgan fingerprint density at radius 2 is 1.89 bits per heavy atom. The van der Waals surface area contributed by atoms with Gasteiger partial charge in [0.2, 0.25) is 0 Å². The number of carboxylic acid groups (broad SMARTS) is 1. The molecular weight excluding hydrogens is 245 g/mol. The number of rotatable bonds is 4. The third kappa shape index (κ3) is 3.03. The Labute approximate surface area is 103 Å². The number of halogens is 3. The minimum absolute atomic E-state index is 0.111. The van der Waals surface area contributed by atoms with E-state index in [1.54, 1.807) is 0 Å². The van der Waals surface area contributed by atoms with Crippen molar-refractivity contribution in [1.82, 2.24) is 0 Å². The van der Waals surface area contributed by atoms with Crippen LogP contribution in [0.5, 0.6) is 0 Å². The van der Waals surface area contributed by atoms with Crippen molar-refractivity contribution >= 4 is 5.97 Å². The highest BCUT2D eigenvalue weighted by Crippen LogP contribution is 2.40. The lowest BCUT2D eigenvalue weighted by Gasteiger charge is -2.26. The molecule has 2 nitrogen and oxygen atoms in total. The van der Waals surface area contributed by atoms with Gasteiger partial charge in [0.1, 0.15) is 5.82 Å². The SMILES string of the molecule is Cc1cc(C(F)(F)CC(C)(C)C(=O)O)ccc1F. The van der Waals surface area contributed by atoms with Gasteiger partial charge in [-0.1, -0.05) is 6.07 Å². The van der Waals surface area contributed by atoms with Crippen LogP contribution in [0.3, 0.4) is 0 Å². The maximum absolute atomic E-state index is 13.9. The number of benzene rings is 1. The third-order valence-corrected chi connectivity index (χ3v) is 2.82. The maximum Gasteiger partial charge on any atom is 0.309 e. The van der Waals surface area contributed by atoms with E-state index in [0.29, 0.717) is 0 Å². The molecule has 0 atom stereocenters. The van der Waals surface area contributed by atoms with Gasteiger partial charge in [0.15, 0.2) is 0 Å². The molecule has 0 amide bonds. The van der Waals surface area contributed by atoms with Crippen LogP contribution in [0.1, 0.15) is 31.4 Å². The van der Waals surface area contributed by atoms with Crippen molar-refractivity contribution in [3.8, 4) is 0 Å². The number of alkyl halides is 2. The van der Waals surface area contributed by atoms with Crippen LogP contribution < -0.4 is 0 Å². The predicted molar refractivity (Wildman–Crippen MR) is 61.1 cm³/mol. The number of carbonyl (C=O) groups is 1. The van der Waals surface area contributed by atoms with Gasteiger partial charge in [0, 0.05) is 12.0 Å². The van der Waals surface area contributed by atoms with E-state index in [1.807, 2.05) is 0 Å². The van der Waals surface area contributed by atoms with Crippen molar-refractivity contribution in [3.63, 3.8) is 0 Å². The van der Waals surface area contributed by atoms with E-state index >= 15 is 0 Å². The highest BCUT2D eigenvalue weighted by atomic mass is 19.3. The molecule has 0 spiro atoms. The van der Waals surface area contributed by atoms with E-state index in [9.17, 15) is 18.0 Å². The van der Waals surface area contributed by atoms with Crippen molar-refractivity contribution < 1.29 is 23.1 Å². The molecule has 0 heterocycles. The monoisotopic (exact) mass is 260 g/mol. The summed E-state index contributed by atoms with van der Waals surface area (Å²) in [6.07, 6.45) is -0.833. The molecular formula is C13H15F3O2. The zero-order chi connectivity index (χ0) is 14.1. The second kappa shape index (κ2) is 4.63. The summed E-state index contributed by atoms with van der Waals surface area (Å²) < 4.78 is 40.9. The van der Waals surface area contributed by atoms with Crippen molar-refractivity contribution in [1.29, 1.82) is 0 Å². The van der Waals surface area contributed by atoms with Crippen LogP contribution in [-0.2, 0) is 10.7 Å². The molecule has 0 saturated heterocycles. The van der Waals surface area contributed by atoms with Gasteiger partial charge in [-0.15, -0.1) is 0 Å². The standard InChI is InChI=1S/C13H15F3O2/c1-8-6-9(4-5-10(8)14)13(15,16)7-12(2,3)11(17)18/h4-6H,7H2,1-3H3,(H,17,18). The first-order valence-corrected chi connectivity index (χ1v) is 5.44. The molecule has 0 aliphatic heterocycles. The minimum Gasteiger partial charge on any atom is -0.481 e. The van der Waals surface area contributed by atoms with Crippen LogP contribution in [0.15, 0.2) is 18.2 Å². The number of hydrogen-bond donors (Lipinski definition) is 1. The summed E-state index contributed by atoms with van der Waals surface area (Å²) in [6, 6.07) is 3.00. The third-order valence-electron chi connectivity index (χ3n) is 2.82. The molecule has 5 heteroatoms. The van der Waals surface area contributed by atoms with Crippen molar-refractivity contribution in [2.45, 2.75) is 33.1 Å². The molecule has 1 N–H and O–H groups in total. The average Bonchev–Trinajstić information content (AvgIpc) is 2.20. The Bertz CT molecular complexity index is 467. The van der Waals surface area contributed by atoms with E-state index in [1.165, 1.54) is 20.8 Å². The van der Waals surface area contributed by atoms with Crippen LogP contribution in [0, 0.1) is 18.2 Å². The summed E-state index contributed by atoms with van der Waals surface area (Å²) in [5.41, 5.74) is -1.80. The topological polar surface area (TPSA) is 37.3 Å². The lowest BCUT2D eigenvalue weighted by Crippen LogP contribution is -2.31. The highest BCUT2D eigenvalue weighted by Gasteiger charge is 2.42. The number of aryl methyl sites for hydroxylation is 1. The summed E-state index contributed by atoms with van der Waals surface area (Å²) in [6.45, 7) is 3.86. The molecule has 0 aromatic heterocycles. The summed E-state index contributed by atoms with van der Waals surface area (Å²) in [7, 11) is 0. The lowest BCUT2D eigenvalue weighted by atomic mass is 9.84. The minimum atomic E-state index is -3.31. The van der Waals surface area contributed by atoms with Crippen molar-refractivity contribution in [2.75, 3.05) is 0 Å². The quantitative estimate of drug-likeness (QED) is 0.895. The lowest BCUT2D eigenvalue weighted by molar-refractivity contribution is -0.153. The molecule has 0 bridgehead atoms. The van der Waals surface area contributed by atoms with Crippen LogP contribution in [-0.4, -0.2) is 11.1 Å². The van der Waals surface area contributed by atoms with Gasteiger partial charge in [0.05, 0.1) is 5.41 Å². The number of aliphatic carboxylic acids is 1. The Hall–Kier alpha value is -1.52. The maximum atomic E-state index is 13.9. The van der Waals surface area contributed by atoms with Crippen molar-refractivity contribution in [2.24, 2.45) is 5.41 Å². The van der Waals surface area contributed by atoms with Crippen LogP contribution in [0.25, 0.3) is 0 Å². The molecule has 1 aromatic rings. The molecule has 1 rings (SSSR count). The number of hydrogen-bond acceptors (Lipinski definition) is 1. The van der Waals surface area contributed by atoms with Crippen LogP contribution >= 0.6 is 0 Å².